The van der Waals surface area contributed by atoms with E-state index < -0.39 is 11.7 Å². The number of benzene rings is 2. The highest BCUT2D eigenvalue weighted by Gasteiger charge is 2.30. The maximum absolute atomic E-state index is 12.7. The number of ether oxygens (including phenoxy) is 1. The number of nitrogens with zero attached hydrogens (tertiary/aromatic N) is 2. The van der Waals surface area contributed by atoms with Gasteiger partial charge in [0, 0.05) is 30.0 Å². The van der Waals surface area contributed by atoms with E-state index in [4.69, 9.17) is 4.74 Å². The summed E-state index contributed by atoms with van der Waals surface area (Å²) in [7, 11) is 1.88. The maximum Gasteiger partial charge on any atom is 0.416 e. The molecule has 0 aliphatic heterocycles. The number of nitrogens with one attached hydrogen (secondary N) is 1. The quantitative estimate of drug-likeness (QED) is 0.560. The summed E-state index contributed by atoms with van der Waals surface area (Å²) in [6.07, 6.45) is -0.887. The number of aryl methyl sites for hydroxylation is 1. The van der Waals surface area contributed by atoms with E-state index >= 15 is 0 Å². The average molecular weight is 421 g/mol. The lowest BCUT2D eigenvalue weighted by molar-refractivity contribution is -0.137. The summed E-state index contributed by atoms with van der Waals surface area (Å²) in [5, 5.41) is 2.71. The molecule has 5 nitrogen and oxygen atoms in total. The predicted octanol–water partition coefficient (Wildman–Crippen LogP) is 4.75. The summed E-state index contributed by atoms with van der Waals surface area (Å²) in [5.41, 5.74) is -0.159. The van der Waals surface area contributed by atoms with Crippen LogP contribution < -0.4 is 10.1 Å². The van der Waals surface area contributed by atoms with Crippen LogP contribution in [0.15, 0.2) is 65.8 Å². The van der Waals surface area contributed by atoms with Crippen molar-refractivity contribution in [1.29, 1.82) is 0 Å². The first-order valence-corrected chi connectivity index (χ1v) is 9.59. The Bertz CT molecular complexity index is 972. The van der Waals surface area contributed by atoms with Gasteiger partial charge in [0.1, 0.15) is 18.2 Å². The zero-order valence-electron chi connectivity index (χ0n) is 15.4. The van der Waals surface area contributed by atoms with Crippen LogP contribution >= 0.6 is 11.8 Å². The number of carbonyl (C=O) groups is 1. The number of carbonyl (C=O) groups excluding carboxylic acids is 1. The van der Waals surface area contributed by atoms with Crippen molar-refractivity contribution >= 4 is 23.4 Å². The number of imidazole rings is 1. The zero-order chi connectivity index (χ0) is 20.9. The van der Waals surface area contributed by atoms with Crippen molar-refractivity contribution in [3.8, 4) is 5.75 Å². The average Bonchev–Trinajstić information content (AvgIpc) is 3.10. The molecule has 0 unspecified atom stereocenters. The molecular formula is C20H18F3N3O2S. The largest absolute Gasteiger partial charge is 0.486 e. The molecule has 0 aliphatic carbocycles. The highest BCUT2D eigenvalue weighted by Crippen LogP contribution is 2.31. The van der Waals surface area contributed by atoms with Crippen molar-refractivity contribution in [2.75, 3.05) is 11.1 Å². The fourth-order valence-electron chi connectivity index (χ4n) is 2.43. The third kappa shape index (κ3) is 6.02. The molecule has 1 aromatic heterocycles. The molecule has 9 heteroatoms. The molecule has 0 saturated carbocycles. The van der Waals surface area contributed by atoms with E-state index in [2.05, 4.69) is 10.3 Å². The number of halogens is 3. The molecule has 0 bridgehead atoms. The van der Waals surface area contributed by atoms with Crippen molar-refractivity contribution < 1.29 is 22.7 Å². The lowest BCUT2D eigenvalue weighted by atomic mass is 10.2. The lowest BCUT2D eigenvalue weighted by Crippen LogP contribution is -2.14. The fraction of sp³-hybridized carbons (Fsp3) is 0.200. The van der Waals surface area contributed by atoms with Gasteiger partial charge in [-0.1, -0.05) is 6.07 Å². The Morgan fingerprint density at radius 2 is 1.97 bits per heavy atom. The number of hydrogen-bond donors (Lipinski definition) is 1. The first-order valence-electron chi connectivity index (χ1n) is 8.60. The Kier molecular flexibility index (Phi) is 6.48. The summed E-state index contributed by atoms with van der Waals surface area (Å²) >= 11 is 1.04. The minimum atomic E-state index is -4.40. The molecule has 3 aromatic rings. The molecule has 1 heterocycles. The van der Waals surface area contributed by atoms with Crippen LogP contribution in [0.4, 0.5) is 18.9 Å². The van der Waals surface area contributed by atoms with Gasteiger partial charge in [-0.05, 0) is 42.5 Å². The van der Waals surface area contributed by atoms with Gasteiger partial charge in [-0.3, -0.25) is 4.79 Å². The summed E-state index contributed by atoms with van der Waals surface area (Å²) in [6.45, 7) is 0.322. The van der Waals surface area contributed by atoms with Gasteiger partial charge in [-0.2, -0.15) is 13.2 Å². The minimum absolute atomic E-state index is 0.00127. The summed E-state index contributed by atoms with van der Waals surface area (Å²) in [6, 6.07) is 11.7. The van der Waals surface area contributed by atoms with Gasteiger partial charge in [0.05, 0.1) is 11.3 Å². The third-order valence-electron chi connectivity index (χ3n) is 3.96. The van der Waals surface area contributed by atoms with E-state index in [9.17, 15) is 18.0 Å². The van der Waals surface area contributed by atoms with E-state index in [1.54, 1.807) is 36.5 Å². The molecule has 0 radical (unpaired) electrons. The fourth-order valence-corrected chi connectivity index (χ4v) is 3.18. The Labute approximate surface area is 169 Å². The van der Waals surface area contributed by atoms with E-state index in [0.29, 0.717) is 22.9 Å². The predicted molar refractivity (Wildman–Crippen MR) is 105 cm³/mol. The van der Waals surface area contributed by atoms with E-state index in [1.807, 2.05) is 17.8 Å². The second-order valence-corrected chi connectivity index (χ2v) is 7.18. The van der Waals surface area contributed by atoms with Gasteiger partial charge in [0.15, 0.2) is 0 Å². The van der Waals surface area contributed by atoms with Crippen LogP contribution in [0.2, 0.25) is 0 Å². The van der Waals surface area contributed by atoms with Crippen LogP contribution in [0.5, 0.6) is 5.75 Å². The molecule has 29 heavy (non-hydrogen) atoms. The van der Waals surface area contributed by atoms with Crippen LogP contribution in [0, 0.1) is 0 Å². The van der Waals surface area contributed by atoms with Crippen molar-refractivity contribution in [3.05, 3.63) is 72.3 Å². The molecule has 0 atom stereocenters. The van der Waals surface area contributed by atoms with Gasteiger partial charge in [0.25, 0.3) is 0 Å². The van der Waals surface area contributed by atoms with Crippen LogP contribution in [0.1, 0.15) is 11.4 Å². The summed E-state index contributed by atoms with van der Waals surface area (Å²) in [4.78, 5) is 16.6. The van der Waals surface area contributed by atoms with E-state index in [-0.39, 0.29) is 11.7 Å². The Hall–Kier alpha value is -2.94. The monoisotopic (exact) mass is 421 g/mol. The van der Waals surface area contributed by atoms with E-state index in [0.717, 1.165) is 29.7 Å². The van der Waals surface area contributed by atoms with Crippen LogP contribution in [-0.4, -0.2) is 21.2 Å². The van der Waals surface area contributed by atoms with Gasteiger partial charge < -0.3 is 14.6 Å². The lowest BCUT2D eigenvalue weighted by Gasteiger charge is -2.09. The minimum Gasteiger partial charge on any atom is -0.486 e. The summed E-state index contributed by atoms with van der Waals surface area (Å²) < 4.78 is 45.7. The van der Waals surface area contributed by atoms with Crippen molar-refractivity contribution in [2.24, 2.45) is 7.05 Å². The number of alkyl halides is 3. The standard InChI is InChI=1S/C20H18F3N3O2S/c1-26-10-9-24-18(26)12-28-16-7-5-15(6-8-16)25-19(27)13-29-17-4-2-3-14(11-17)20(21,22)23/h2-11H,12-13H2,1H3,(H,25,27). The molecule has 1 N–H and O–H groups in total. The number of aromatic nitrogens is 2. The maximum atomic E-state index is 12.7. The van der Waals surface area contributed by atoms with Crippen molar-refractivity contribution in [2.45, 2.75) is 17.7 Å². The molecule has 0 spiro atoms. The normalized spacial score (nSPS) is 11.3. The topological polar surface area (TPSA) is 56.1 Å². The zero-order valence-corrected chi connectivity index (χ0v) is 16.3. The first-order chi connectivity index (χ1) is 13.8. The molecule has 1 amide bonds. The molecule has 2 aromatic carbocycles. The number of anilines is 1. The molecular weight excluding hydrogens is 403 g/mol. The first kappa shape index (κ1) is 20.8. The van der Waals surface area contributed by atoms with Crippen LogP contribution in [0.3, 0.4) is 0 Å². The van der Waals surface area contributed by atoms with Gasteiger partial charge in [-0.15, -0.1) is 11.8 Å². The molecule has 0 aliphatic rings. The van der Waals surface area contributed by atoms with E-state index in [1.165, 1.54) is 6.07 Å². The SMILES string of the molecule is Cn1ccnc1COc1ccc(NC(=O)CSc2cccc(C(F)(F)F)c2)cc1. The number of hydrogen-bond acceptors (Lipinski definition) is 4. The van der Waals surface area contributed by atoms with Gasteiger partial charge in [0.2, 0.25) is 5.91 Å². The van der Waals surface area contributed by atoms with Gasteiger partial charge >= 0.3 is 6.18 Å². The molecule has 0 fully saturated rings. The highest BCUT2D eigenvalue weighted by atomic mass is 32.2. The third-order valence-corrected chi connectivity index (χ3v) is 4.95. The van der Waals surface area contributed by atoms with Crippen molar-refractivity contribution in [1.82, 2.24) is 9.55 Å². The Morgan fingerprint density at radius 3 is 2.62 bits per heavy atom. The Balaban J connectivity index is 1.49. The molecule has 3 rings (SSSR count). The molecule has 0 saturated heterocycles. The number of amides is 1. The van der Waals surface area contributed by atoms with Crippen LogP contribution in [0.25, 0.3) is 0 Å². The second kappa shape index (κ2) is 9.04. The highest BCUT2D eigenvalue weighted by molar-refractivity contribution is 8.00. The number of rotatable bonds is 7. The Morgan fingerprint density at radius 1 is 1.21 bits per heavy atom. The van der Waals surface area contributed by atoms with Crippen molar-refractivity contribution in [3.63, 3.8) is 0 Å². The van der Waals surface area contributed by atoms with Crippen LogP contribution in [-0.2, 0) is 24.6 Å². The smallest absolute Gasteiger partial charge is 0.416 e. The molecule has 152 valence electrons. The second-order valence-electron chi connectivity index (χ2n) is 6.13. The number of thioether (sulfide) groups is 1. The van der Waals surface area contributed by atoms with Gasteiger partial charge in [-0.25, -0.2) is 4.98 Å². The summed E-state index contributed by atoms with van der Waals surface area (Å²) in [5.74, 6) is 1.10.